The topological polar surface area (TPSA) is 43.9 Å². The maximum Gasteiger partial charge on any atom is 0.254 e. The summed E-state index contributed by atoms with van der Waals surface area (Å²) in [5.41, 5.74) is 1.91. The molecule has 2 saturated heterocycles. The Hall–Kier alpha value is -2.82. The molecule has 2 amide bonds. The van der Waals surface area contributed by atoms with Crippen molar-refractivity contribution in [2.45, 2.75) is 44.2 Å². The fourth-order valence-corrected chi connectivity index (χ4v) is 5.74. The van der Waals surface area contributed by atoms with Gasteiger partial charge in [-0.25, -0.2) is 0 Å². The van der Waals surface area contributed by atoms with Crippen LogP contribution in [0, 0.1) is 5.92 Å². The highest BCUT2D eigenvalue weighted by molar-refractivity contribution is 5.98. The normalized spacial score (nSPS) is 25.9. The van der Waals surface area contributed by atoms with Crippen LogP contribution >= 0.6 is 0 Å². The number of para-hydroxylation sites is 1. The molecule has 31 heavy (non-hydrogen) atoms. The summed E-state index contributed by atoms with van der Waals surface area (Å²) in [7, 11) is 0. The molecule has 3 fully saturated rings. The zero-order valence-corrected chi connectivity index (χ0v) is 18.0. The van der Waals surface area contributed by atoms with Gasteiger partial charge in [-0.2, -0.15) is 0 Å². The van der Waals surface area contributed by atoms with E-state index >= 15 is 0 Å². The zero-order valence-electron chi connectivity index (χ0n) is 18.0. The van der Waals surface area contributed by atoms with Crippen molar-refractivity contribution >= 4 is 17.5 Å². The summed E-state index contributed by atoms with van der Waals surface area (Å²) >= 11 is 0. The van der Waals surface area contributed by atoms with Crippen molar-refractivity contribution in [3.05, 3.63) is 66.2 Å². The number of piperazine rings is 1. The average molecular weight is 418 g/mol. The number of hydrogen-bond acceptors (Lipinski definition) is 3. The molecule has 1 saturated carbocycles. The van der Waals surface area contributed by atoms with Crippen LogP contribution in [0.3, 0.4) is 0 Å². The molecule has 2 aliphatic heterocycles. The van der Waals surface area contributed by atoms with Gasteiger partial charge in [-0.15, -0.1) is 0 Å². The van der Waals surface area contributed by atoms with Crippen LogP contribution in [0.1, 0.15) is 42.5 Å². The van der Waals surface area contributed by atoms with E-state index in [9.17, 15) is 9.59 Å². The van der Waals surface area contributed by atoms with Crippen LogP contribution in [0.5, 0.6) is 0 Å². The van der Waals surface area contributed by atoms with Gasteiger partial charge in [0, 0.05) is 43.5 Å². The number of carbonyl (C=O) groups is 2. The molecular weight excluding hydrogens is 386 g/mol. The van der Waals surface area contributed by atoms with Crippen molar-refractivity contribution in [2.75, 3.05) is 31.1 Å². The first kappa shape index (κ1) is 20.1. The highest BCUT2D eigenvalue weighted by atomic mass is 16.2. The summed E-state index contributed by atoms with van der Waals surface area (Å²) in [5.74, 6) is 0.628. The molecule has 0 aromatic heterocycles. The molecule has 2 aromatic carbocycles. The lowest BCUT2D eigenvalue weighted by molar-refractivity contribution is -0.136. The lowest BCUT2D eigenvalue weighted by atomic mass is 9.84. The Labute approximate surface area is 184 Å². The zero-order chi connectivity index (χ0) is 21.2. The number of anilines is 1. The van der Waals surface area contributed by atoms with E-state index < -0.39 is 0 Å². The van der Waals surface area contributed by atoms with Gasteiger partial charge in [-0.1, -0.05) is 49.2 Å². The molecule has 2 heterocycles. The molecule has 0 bridgehead atoms. The summed E-state index contributed by atoms with van der Waals surface area (Å²) in [6.07, 6.45) is 5.34. The fourth-order valence-electron chi connectivity index (χ4n) is 5.74. The second-order valence-electron chi connectivity index (χ2n) is 9.09. The van der Waals surface area contributed by atoms with Crippen molar-refractivity contribution in [1.29, 1.82) is 0 Å². The second-order valence-corrected chi connectivity index (χ2v) is 9.09. The Morgan fingerprint density at radius 3 is 2.13 bits per heavy atom. The molecule has 162 valence electrons. The number of hydrogen-bond donors (Lipinski definition) is 0. The summed E-state index contributed by atoms with van der Waals surface area (Å²) in [5, 5.41) is 0. The van der Waals surface area contributed by atoms with Gasteiger partial charge < -0.3 is 14.7 Å². The number of likely N-dealkylation sites (tertiary alicyclic amines) is 1. The molecule has 1 aliphatic carbocycles. The van der Waals surface area contributed by atoms with Crippen LogP contribution in [0.25, 0.3) is 0 Å². The minimum Gasteiger partial charge on any atom is -0.368 e. The van der Waals surface area contributed by atoms with Gasteiger partial charge in [-0.3, -0.25) is 9.59 Å². The van der Waals surface area contributed by atoms with Crippen LogP contribution < -0.4 is 4.90 Å². The van der Waals surface area contributed by atoms with Gasteiger partial charge in [-0.05, 0) is 49.4 Å². The van der Waals surface area contributed by atoms with Gasteiger partial charge in [0.15, 0.2) is 0 Å². The number of amides is 2. The number of carbonyl (C=O) groups excluding carboxylic acids is 2. The highest BCUT2D eigenvalue weighted by Gasteiger charge is 2.48. The Morgan fingerprint density at radius 1 is 0.774 bits per heavy atom. The van der Waals surface area contributed by atoms with Crippen molar-refractivity contribution in [3.63, 3.8) is 0 Å². The molecule has 0 spiro atoms. The summed E-state index contributed by atoms with van der Waals surface area (Å²) in [4.78, 5) is 33.4. The molecule has 5 heteroatoms. The van der Waals surface area contributed by atoms with E-state index in [1.54, 1.807) is 0 Å². The van der Waals surface area contributed by atoms with E-state index in [0.717, 1.165) is 38.8 Å². The Bertz CT molecular complexity index is 909. The van der Waals surface area contributed by atoms with Crippen molar-refractivity contribution in [3.8, 4) is 0 Å². The van der Waals surface area contributed by atoms with E-state index in [4.69, 9.17) is 0 Å². The Balaban J connectivity index is 1.32. The quantitative estimate of drug-likeness (QED) is 0.763. The summed E-state index contributed by atoms with van der Waals surface area (Å²) in [6, 6.07) is 19.8. The molecule has 3 aliphatic rings. The first-order valence-electron chi connectivity index (χ1n) is 11.7. The second kappa shape index (κ2) is 8.74. The first-order valence-corrected chi connectivity index (χ1v) is 11.7. The summed E-state index contributed by atoms with van der Waals surface area (Å²) in [6.45, 7) is 3.10. The average Bonchev–Trinajstić information content (AvgIpc) is 3.24. The number of rotatable bonds is 3. The Kier molecular flexibility index (Phi) is 5.66. The molecule has 3 atom stereocenters. The van der Waals surface area contributed by atoms with E-state index in [1.807, 2.05) is 46.2 Å². The molecule has 0 radical (unpaired) electrons. The SMILES string of the molecule is O=C(C1CC2CCCCC2N1C(=O)c1ccccc1)N1CCN(c2ccccc2)CC1. The highest BCUT2D eigenvalue weighted by Crippen LogP contribution is 2.41. The molecule has 0 N–H and O–H groups in total. The smallest absolute Gasteiger partial charge is 0.254 e. The predicted molar refractivity (Wildman–Crippen MR) is 122 cm³/mol. The van der Waals surface area contributed by atoms with Crippen molar-refractivity contribution < 1.29 is 9.59 Å². The third-order valence-corrected chi connectivity index (χ3v) is 7.34. The molecule has 2 aromatic rings. The third-order valence-electron chi connectivity index (χ3n) is 7.34. The number of fused-ring (bicyclic) bond motifs is 1. The van der Waals surface area contributed by atoms with E-state index in [-0.39, 0.29) is 23.9 Å². The fraction of sp³-hybridized carbons (Fsp3) is 0.462. The van der Waals surface area contributed by atoms with Crippen LogP contribution in [0.2, 0.25) is 0 Å². The minimum absolute atomic E-state index is 0.0243. The van der Waals surface area contributed by atoms with Gasteiger partial charge in [0.1, 0.15) is 6.04 Å². The molecule has 5 rings (SSSR count). The van der Waals surface area contributed by atoms with Gasteiger partial charge >= 0.3 is 0 Å². The van der Waals surface area contributed by atoms with E-state index in [2.05, 4.69) is 29.2 Å². The van der Waals surface area contributed by atoms with Gasteiger partial charge in [0.25, 0.3) is 5.91 Å². The predicted octanol–water partition coefficient (Wildman–Crippen LogP) is 3.81. The molecular formula is C26H31N3O2. The van der Waals surface area contributed by atoms with Crippen molar-refractivity contribution in [2.24, 2.45) is 5.92 Å². The molecule has 5 nitrogen and oxygen atoms in total. The van der Waals surface area contributed by atoms with Crippen molar-refractivity contribution in [1.82, 2.24) is 9.80 Å². The largest absolute Gasteiger partial charge is 0.368 e. The molecule has 3 unspecified atom stereocenters. The van der Waals surface area contributed by atoms with Crippen LogP contribution in [0.4, 0.5) is 5.69 Å². The lowest BCUT2D eigenvalue weighted by Gasteiger charge is -2.39. The van der Waals surface area contributed by atoms with E-state index in [0.29, 0.717) is 24.6 Å². The standard InChI is InChI=1S/C26H31N3O2/c30-25(20-9-3-1-4-10-20)29-23-14-8-7-11-21(23)19-24(29)26(31)28-17-15-27(16-18-28)22-12-5-2-6-13-22/h1-6,9-10,12-13,21,23-24H,7-8,11,14-19H2. The third kappa shape index (κ3) is 3.93. The first-order chi connectivity index (χ1) is 15.2. The number of nitrogens with zero attached hydrogens (tertiary/aromatic N) is 3. The maximum atomic E-state index is 13.6. The van der Waals surface area contributed by atoms with E-state index in [1.165, 1.54) is 12.1 Å². The van der Waals surface area contributed by atoms with Gasteiger partial charge in [0.2, 0.25) is 5.91 Å². The monoisotopic (exact) mass is 417 g/mol. The lowest BCUT2D eigenvalue weighted by Crippen LogP contribution is -2.55. The number of benzene rings is 2. The van der Waals surface area contributed by atoms with Crippen LogP contribution in [-0.4, -0.2) is 59.9 Å². The maximum absolute atomic E-state index is 13.6. The summed E-state index contributed by atoms with van der Waals surface area (Å²) < 4.78 is 0. The minimum atomic E-state index is -0.316. The van der Waals surface area contributed by atoms with Crippen LogP contribution in [0.15, 0.2) is 60.7 Å². The van der Waals surface area contributed by atoms with Gasteiger partial charge in [0.05, 0.1) is 0 Å². The van der Waals surface area contributed by atoms with Crippen LogP contribution in [-0.2, 0) is 4.79 Å². The Morgan fingerprint density at radius 2 is 1.42 bits per heavy atom.